The van der Waals surface area contributed by atoms with Gasteiger partial charge >= 0.3 is 0 Å². The Balaban J connectivity index is 3.59. The molecule has 66 valence electrons. The summed E-state index contributed by atoms with van der Waals surface area (Å²) in [6, 6.07) is 3.87. The van der Waals surface area contributed by atoms with Crippen LogP contribution in [0.1, 0.15) is 32.1 Å². The molecule has 1 unspecified atom stereocenters. The quantitative estimate of drug-likeness (QED) is 0.464. The van der Waals surface area contributed by atoms with Gasteiger partial charge in [-0.25, -0.2) is 0 Å². The van der Waals surface area contributed by atoms with Crippen LogP contribution < -0.4 is 5.73 Å². The number of nitrogens with zero attached hydrogens (tertiary/aromatic N) is 2. The lowest BCUT2D eigenvalue weighted by Crippen LogP contribution is -2.39. The topological polar surface area (TPSA) is 93.8 Å². The van der Waals surface area contributed by atoms with Crippen molar-refractivity contribution in [2.75, 3.05) is 0 Å². The Morgan fingerprint density at radius 3 is 2.25 bits per heavy atom. The summed E-state index contributed by atoms with van der Waals surface area (Å²) in [6.07, 6.45) is 1.87. The van der Waals surface area contributed by atoms with Gasteiger partial charge < -0.3 is 10.8 Å². The molecule has 0 heterocycles. The van der Waals surface area contributed by atoms with Gasteiger partial charge in [0, 0.05) is 19.3 Å². The van der Waals surface area contributed by atoms with Gasteiger partial charge in [-0.2, -0.15) is 10.5 Å². The van der Waals surface area contributed by atoms with Gasteiger partial charge in [0.25, 0.3) is 0 Å². The van der Waals surface area contributed by atoms with E-state index in [0.717, 1.165) is 0 Å². The van der Waals surface area contributed by atoms with Crippen molar-refractivity contribution in [1.29, 1.82) is 10.5 Å². The second-order valence-electron chi connectivity index (χ2n) is 2.77. The van der Waals surface area contributed by atoms with Crippen molar-refractivity contribution in [3.8, 4) is 12.1 Å². The first kappa shape index (κ1) is 10.9. The lowest BCUT2D eigenvalue weighted by molar-refractivity contribution is 0.0290. The maximum absolute atomic E-state index is 9.39. The third kappa shape index (κ3) is 5.67. The summed E-state index contributed by atoms with van der Waals surface area (Å²) in [5, 5.41) is 25.8. The second kappa shape index (κ2) is 5.54. The summed E-state index contributed by atoms with van der Waals surface area (Å²) in [5.41, 5.74) is 4.17. The molecule has 0 bridgehead atoms. The van der Waals surface area contributed by atoms with Gasteiger partial charge in [0.2, 0.25) is 0 Å². The third-order valence-electron chi connectivity index (χ3n) is 1.57. The molecule has 0 aromatic heterocycles. The Bertz CT molecular complexity index is 199. The molecule has 0 aliphatic carbocycles. The van der Waals surface area contributed by atoms with E-state index >= 15 is 0 Å². The summed E-state index contributed by atoms with van der Waals surface area (Å²) in [7, 11) is 0. The number of aliphatic hydroxyl groups is 1. The lowest BCUT2D eigenvalue weighted by Gasteiger charge is -2.20. The average Bonchev–Trinajstić information content (AvgIpc) is 2.01. The Kier molecular flexibility index (Phi) is 5.03. The standard InChI is InChI=1S/C8H13N3O/c9-6-2-1-4-8(11,12)5-3-7-10/h12H,1-5,11H2. The first-order valence-electron chi connectivity index (χ1n) is 3.87. The van der Waals surface area contributed by atoms with Crippen molar-refractivity contribution in [1.82, 2.24) is 0 Å². The van der Waals surface area contributed by atoms with Crippen molar-refractivity contribution in [2.45, 2.75) is 37.8 Å². The van der Waals surface area contributed by atoms with Crippen molar-refractivity contribution in [3.05, 3.63) is 0 Å². The van der Waals surface area contributed by atoms with Crippen LogP contribution in [0.5, 0.6) is 0 Å². The summed E-state index contributed by atoms with van der Waals surface area (Å²) >= 11 is 0. The van der Waals surface area contributed by atoms with Gasteiger partial charge in [-0.15, -0.1) is 0 Å². The fraction of sp³-hybridized carbons (Fsp3) is 0.750. The monoisotopic (exact) mass is 167 g/mol. The van der Waals surface area contributed by atoms with Crippen LogP contribution in [0.25, 0.3) is 0 Å². The molecule has 0 aromatic rings. The second-order valence-corrected chi connectivity index (χ2v) is 2.77. The number of hydrogen-bond donors (Lipinski definition) is 2. The van der Waals surface area contributed by atoms with Crippen molar-refractivity contribution < 1.29 is 5.11 Å². The van der Waals surface area contributed by atoms with Crippen LogP contribution in [0.4, 0.5) is 0 Å². The van der Waals surface area contributed by atoms with E-state index in [9.17, 15) is 5.11 Å². The highest BCUT2D eigenvalue weighted by Crippen LogP contribution is 2.13. The van der Waals surface area contributed by atoms with Crippen LogP contribution in [0.3, 0.4) is 0 Å². The van der Waals surface area contributed by atoms with Crippen LogP contribution in [0, 0.1) is 22.7 Å². The molecule has 0 spiro atoms. The van der Waals surface area contributed by atoms with E-state index in [2.05, 4.69) is 0 Å². The molecule has 0 aliphatic heterocycles. The Morgan fingerprint density at radius 1 is 1.17 bits per heavy atom. The van der Waals surface area contributed by atoms with Crippen LogP contribution in [-0.2, 0) is 0 Å². The smallest absolute Gasteiger partial charge is 0.114 e. The van der Waals surface area contributed by atoms with Gasteiger partial charge in [-0.3, -0.25) is 0 Å². The summed E-state index contributed by atoms with van der Waals surface area (Å²) in [5.74, 6) is 0. The first-order chi connectivity index (χ1) is 5.62. The Labute approximate surface area is 72.2 Å². The minimum atomic E-state index is -1.27. The minimum Gasteiger partial charge on any atom is -0.376 e. The number of nitriles is 2. The van der Waals surface area contributed by atoms with E-state index in [1.54, 1.807) is 0 Å². The zero-order valence-corrected chi connectivity index (χ0v) is 6.95. The molecule has 0 amide bonds. The molecular weight excluding hydrogens is 154 g/mol. The predicted molar refractivity (Wildman–Crippen MR) is 43.4 cm³/mol. The highest BCUT2D eigenvalue weighted by atomic mass is 16.3. The molecule has 1 atom stereocenters. The fourth-order valence-electron chi connectivity index (χ4n) is 0.871. The molecule has 4 nitrogen and oxygen atoms in total. The van der Waals surface area contributed by atoms with Gasteiger partial charge in [-0.1, -0.05) is 0 Å². The van der Waals surface area contributed by atoms with E-state index in [4.69, 9.17) is 16.3 Å². The number of rotatable bonds is 5. The maximum Gasteiger partial charge on any atom is 0.114 e. The van der Waals surface area contributed by atoms with Crippen LogP contribution in [0.2, 0.25) is 0 Å². The molecule has 3 N–H and O–H groups in total. The van der Waals surface area contributed by atoms with E-state index in [1.165, 1.54) is 0 Å². The van der Waals surface area contributed by atoms with Gasteiger partial charge in [0.1, 0.15) is 5.72 Å². The predicted octanol–water partition coefficient (Wildman–Crippen LogP) is 0.631. The zero-order chi connectivity index (χ0) is 9.45. The largest absolute Gasteiger partial charge is 0.376 e. The third-order valence-corrected chi connectivity index (χ3v) is 1.57. The van der Waals surface area contributed by atoms with Crippen LogP contribution in [-0.4, -0.2) is 10.8 Å². The summed E-state index contributed by atoms with van der Waals surface area (Å²) in [6.45, 7) is 0. The van der Waals surface area contributed by atoms with E-state index in [-0.39, 0.29) is 12.8 Å². The molecule has 12 heavy (non-hydrogen) atoms. The van der Waals surface area contributed by atoms with Crippen molar-refractivity contribution >= 4 is 0 Å². The van der Waals surface area contributed by atoms with E-state index < -0.39 is 5.72 Å². The average molecular weight is 167 g/mol. The SMILES string of the molecule is N#CCCCC(N)(O)CCC#N. The van der Waals surface area contributed by atoms with E-state index in [0.29, 0.717) is 19.3 Å². The Hall–Kier alpha value is -1.10. The molecule has 0 rings (SSSR count). The van der Waals surface area contributed by atoms with Crippen molar-refractivity contribution in [3.63, 3.8) is 0 Å². The van der Waals surface area contributed by atoms with Gasteiger partial charge in [-0.05, 0) is 12.8 Å². The molecule has 4 heteroatoms. The summed E-state index contributed by atoms with van der Waals surface area (Å²) in [4.78, 5) is 0. The molecule has 0 radical (unpaired) electrons. The van der Waals surface area contributed by atoms with Crippen LogP contribution in [0.15, 0.2) is 0 Å². The molecule has 0 saturated heterocycles. The normalized spacial score (nSPS) is 14.3. The number of unbranched alkanes of at least 4 members (excludes halogenated alkanes) is 1. The number of hydrogen-bond acceptors (Lipinski definition) is 4. The fourth-order valence-corrected chi connectivity index (χ4v) is 0.871. The Morgan fingerprint density at radius 2 is 1.75 bits per heavy atom. The molecule has 0 aromatic carbocycles. The number of nitrogens with two attached hydrogens (primary N) is 1. The van der Waals surface area contributed by atoms with Crippen LogP contribution >= 0.6 is 0 Å². The van der Waals surface area contributed by atoms with Gasteiger partial charge in [0.05, 0.1) is 12.1 Å². The molecule has 0 aliphatic rings. The molecular formula is C8H13N3O. The highest BCUT2D eigenvalue weighted by molar-refractivity contribution is 4.80. The lowest BCUT2D eigenvalue weighted by atomic mass is 10.0. The molecule has 0 fully saturated rings. The minimum absolute atomic E-state index is 0.250. The first-order valence-corrected chi connectivity index (χ1v) is 3.87. The zero-order valence-electron chi connectivity index (χ0n) is 6.95. The highest BCUT2D eigenvalue weighted by Gasteiger charge is 2.19. The van der Waals surface area contributed by atoms with E-state index in [1.807, 2.05) is 12.1 Å². The van der Waals surface area contributed by atoms with Gasteiger partial charge in [0.15, 0.2) is 0 Å². The molecule has 0 saturated carbocycles. The summed E-state index contributed by atoms with van der Waals surface area (Å²) < 4.78 is 0. The van der Waals surface area contributed by atoms with Crippen molar-refractivity contribution in [2.24, 2.45) is 5.73 Å². The maximum atomic E-state index is 9.39.